The van der Waals surface area contributed by atoms with E-state index in [1.54, 1.807) is 36.4 Å². The van der Waals surface area contributed by atoms with E-state index >= 15 is 0 Å². The molecule has 2 N–H and O–H groups in total. The van der Waals surface area contributed by atoms with Gasteiger partial charge in [0.2, 0.25) is 0 Å². The van der Waals surface area contributed by atoms with E-state index < -0.39 is 17.4 Å². The number of aliphatic hydroxyl groups is 1. The Morgan fingerprint density at radius 2 is 1.97 bits per heavy atom. The summed E-state index contributed by atoms with van der Waals surface area (Å²) < 4.78 is 16.1. The average Bonchev–Trinajstić information content (AvgIpc) is 3.21. The monoisotopic (exact) mass is 398 g/mol. The van der Waals surface area contributed by atoms with Gasteiger partial charge in [0.05, 0.1) is 17.6 Å². The Morgan fingerprint density at radius 3 is 2.66 bits per heavy atom. The number of nitro groups is 1. The number of aliphatic hydroxyl groups excluding tert-OH is 1. The van der Waals surface area contributed by atoms with Gasteiger partial charge in [0.1, 0.15) is 23.9 Å². The van der Waals surface area contributed by atoms with Gasteiger partial charge in [-0.15, -0.1) is 0 Å². The molecule has 0 aliphatic carbocycles. The number of furan rings is 1. The molecule has 0 radical (unpaired) electrons. The van der Waals surface area contributed by atoms with Crippen LogP contribution in [0.4, 0.5) is 11.4 Å². The normalized spacial score (nSPS) is 10.4. The first-order valence-electron chi connectivity index (χ1n) is 8.56. The van der Waals surface area contributed by atoms with Gasteiger partial charge >= 0.3 is 5.69 Å². The number of methoxy groups -OCH3 is 1. The minimum Gasteiger partial charge on any atom is -0.496 e. The Hall–Kier alpha value is -3.85. The highest BCUT2D eigenvalue weighted by Crippen LogP contribution is 2.34. The van der Waals surface area contributed by atoms with Crippen molar-refractivity contribution in [1.29, 1.82) is 0 Å². The van der Waals surface area contributed by atoms with Gasteiger partial charge in [-0.1, -0.05) is 12.1 Å². The highest BCUT2D eigenvalue weighted by atomic mass is 16.6. The van der Waals surface area contributed by atoms with Crippen molar-refractivity contribution in [2.24, 2.45) is 0 Å². The summed E-state index contributed by atoms with van der Waals surface area (Å²) in [6.07, 6.45) is 0. The van der Waals surface area contributed by atoms with Gasteiger partial charge in [0, 0.05) is 11.8 Å². The molecule has 150 valence electrons. The quantitative estimate of drug-likeness (QED) is 0.440. The van der Waals surface area contributed by atoms with Crippen LogP contribution in [-0.4, -0.2) is 29.7 Å². The minimum atomic E-state index is -0.576. The zero-order chi connectivity index (χ0) is 20.8. The molecule has 1 amide bonds. The smallest absolute Gasteiger partial charge is 0.310 e. The standard InChI is InChI=1S/C20H18N2O7/c1-27-17-8-6-13(10-15(17)18-9-7-14(11-23)29-18)21-20(24)12-28-19-5-3-2-4-16(19)22(25)26/h2-10,23H,11-12H2,1H3,(H,21,24). The molecule has 0 fully saturated rings. The lowest BCUT2D eigenvalue weighted by atomic mass is 10.1. The number of hydrogen-bond acceptors (Lipinski definition) is 7. The van der Waals surface area contributed by atoms with Crippen LogP contribution in [0.1, 0.15) is 5.76 Å². The summed E-state index contributed by atoms with van der Waals surface area (Å²) in [5.74, 6) is 0.912. The number of amides is 1. The van der Waals surface area contributed by atoms with Crippen molar-refractivity contribution in [1.82, 2.24) is 0 Å². The van der Waals surface area contributed by atoms with E-state index in [4.69, 9.17) is 19.0 Å². The highest BCUT2D eigenvalue weighted by Gasteiger charge is 2.16. The van der Waals surface area contributed by atoms with E-state index in [1.807, 2.05) is 0 Å². The van der Waals surface area contributed by atoms with Crippen molar-refractivity contribution >= 4 is 17.3 Å². The predicted molar refractivity (Wildman–Crippen MR) is 104 cm³/mol. The first-order valence-corrected chi connectivity index (χ1v) is 8.56. The van der Waals surface area contributed by atoms with Crippen LogP contribution in [-0.2, 0) is 11.4 Å². The van der Waals surface area contributed by atoms with Crippen LogP contribution < -0.4 is 14.8 Å². The molecule has 0 aliphatic rings. The summed E-state index contributed by atoms with van der Waals surface area (Å²) in [6, 6.07) is 14.1. The maximum atomic E-state index is 12.2. The molecular weight excluding hydrogens is 380 g/mol. The minimum absolute atomic E-state index is 0.00943. The molecule has 0 atom stereocenters. The van der Waals surface area contributed by atoms with E-state index in [9.17, 15) is 14.9 Å². The summed E-state index contributed by atoms with van der Waals surface area (Å²) in [5.41, 5.74) is 0.827. The van der Waals surface area contributed by atoms with E-state index in [2.05, 4.69) is 5.32 Å². The second-order valence-corrected chi connectivity index (χ2v) is 5.90. The molecule has 0 saturated heterocycles. The fourth-order valence-corrected chi connectivity index (χ4v) is 2.66. The summed E-state index contributed by atoms with van der Waals surface area (Å²) in [5, 5.41) is 22.8. The molecule has 9 nitrogen and oxygen atoms in total. The Bertz CT molecular complexity index is 1030. The van der Waals surface area contributed by atoms with Crippen LogP contribution in [0.3, 0.4) is 0 Å². The first-order chi connectivity index (χ1) is 14.0. The number of para-hydroxylation sites is 2. The van der Waals surface area contributed by atoms with Crippen molar-refractivity contribution in [2.75, 3.05) is 19.0 Å². The number of nitrogens with one attached hydrogen (secondary N) is 1. The van der Waals surface area contributed by atoms with Crippen LogP contribution in [0, 0.1) is 10.1 Å². The third-order valence-corrected chi connectivity index (χ3v) is 3.99. The summed E-state index contributed by atoms with van der Waals surface area (Å²) in [7, 11) is 1.51. The largest absolute Gasteiger partial charge is 0.496 e. The van der Waals surface area contributed by atoms with E-state index in [-0.39, 0.29) is 18.0 Å². The lowest BCUT2D eigenvalue weighted by Gasteiger charge is -2.11. The molecule has 0 spiro atoms. The summed E-state index contributed by atoms with van der Waals surface area (Å²) in [4.78, 5) is 22.7. The number of carbonyl (C=O) groups excluding carboxylic acids is 1. The molecule has 0 unspecified atom stereocenters. The molecule has 0 saturated carbocycles. The lowest BCUT2D eigenvalue weighted by molar-refractivity contribution is -0.385. The molecule has 9 heteroatoms. The van der Waals surface area contributed by atoms with Gasteiger partial charge in [-0.25, -0.2) is 0 Å². The van der Waals surface area contributed by atoms with Gasteiger partial charge in [0.15, 0.2) is 12.4 Å². The molecule has 1 heterocycles. The van der Waals surface area contributed by atoms with Crippen LogP contribution >= 0.6 is 0 Å². The Labute approximate surface area is 165 Å². The van der Waals surface area contributed by atoms with Crippen LogP contribution in [0.2, 0.25) is 0 Å². The zero-order valence-electron chi connectivity index (χ0n) is 15.5. The second kappa shape index (κ2) is 8.89. The number of anilines is 1. The Kier molecular flexibility index (Phi) is 6.10. The van der Waals surface area contributed by atoms with Gasteiger partial charge in [-0.2, -0.15) is 0 Å². The average molecular weight is 398 g/mol. The van der Waals surface area contributed by atoms with Crippen molar-refractivity contribution in [3.05, 3.63) is 70.5 Å². The maximum absolute atomic E-state index is 12.2. The topological polar surface area (TPSA) is 124 Å². The molecule has 0 bridgehead atoms. The number of nitro benzene ring substituents is 1. The number of rotatable bonds is 8. The first kappa shape index (κ1) is 19.9. The van der Waals surface area contributed by atoms with Crippen molar-refractivity contribution < 1.29 is 28.7 Å². The number of carbonyl (C=O) groups is 1. The van der Waals surface area contributed by atoms with Gasteiger partial charge in [-0.3, -0.25) is 14.9 Å². The third-order valence-electron chi connectivity index (χ3n) is 3.99. The number of benzene rings is 2. The van der Waals surface area contributed by atoms with Gasteiger partial charge in [-0.05, 0) is 36.4 Å². The zero-order valence-corrected chi connectivity index (χ0v) is 15.5. The highest BCUT2D eigenvalue weighted by molar-refractivity contribution is 5.93. The second-order valence-electron chi connectivity index (χ2n) is 5.90. The number of ether oxygens (including phenoxy) is 2. The van der Waals surface area contributed by atoms with Gasteiger partial charge < -0.3 is 24.3 Å². The molecule has 29 heavy (non-hydrogen) atoms. The molecular formula is C20H18N2O7. The maximum Gasteiger partial charge on any atom is 0.310 e. The van der Waals surface area contributed by atoms with Crippen molar-refractivity contribution in [3.63, 3.8) is 0 Å². The predicted octanol–water partition coefficient (Wildman–Crippen LogP) is 3.37. The van der Waals surface area contributed by atoms with Crippen molar-refractivity contribution in [2.45, 2.75) is 6.61 Å². The van der Waals surface area contributed by atoms with E-state index in [1.165, 1.54) is 25.3 Å². The molecule has 1 aromatic heterocycles. The van der Waals surface area contributed by atoms with Crippen LogP contribution in [0.15, 0.2) is 59.0 Å². The summed E-state index contributed by atoms with van der Waals surface area (Å²) >= 11 is 0. The molecule has 0 aliphatic heterocycles. The molecule has 2 aromatic carbocycles. The summed E-state index contributed by atoms with van der Waals surface area (Å²) in [6.45, 7) is -0.636. The third kappa shape index (κ3) is 4.71. The fraction of sp³-hybridized carbons (Fsp3) is 0.150. The Morgan fingerprint density at radius 1 is 1.17 bits per heavy atom. The van der Waals surface area contributed by atoms with E-state index in [0.29, 0.717) is 28.5 Å². The molecule has 3 aromatic rings. The van der Waals surface area contributed by atoms with Crippen LogP contribution in [0.25, 0.3) is 11.3 Å². The fourth-order valence-electron chi connectivity index (χ4n) is 2.66. The van der Waals surface area contributed by atoms with E-state index in [0.717, 1.165) is 0 Å². The molecule has 3 rings (SSSR count). The van der Waals surface area contributed by atoms with Gasteiger partial charge in [0.25, 0.3) is 5.91 Å². The SMILES string of the molecule is COc1ccc(NC(=O)COc2ccccc2[N+](=O)[O-])cc1-c1ccc(CO)o1. The Balaban J connectivity index is 1.72. The van der Waals surface area contributed by atoms with Crippen LogP contribution in [0.5, 0.6) is 11.5 Å². The van der Waals surface area contributed by atoms with Crippen molar-refractivity contribution in [3.8, 4) is 22.8 Å². The lowest BCUT2D eigenvalue weighted by Crippen LogP contribution is -2.20. The number of hydrogen-bond donors (Lipinski definition) is 2. The number of nitrogens with zero attached hydrogens (tertiary/aromatic N) is 1.